The van der Waals surface area contributed by atoms with E-state index in [1.165, 1.54) is 29.1 Å². The van der Waals surface area contributed by atoms with Gasteiger partial charge in [-0.15, -0.1) is 5.10 Å². The lowest BCUT2D eigenvalue weighted by atomic mass is 9.90. The first-order valence-corrected chi connectivity index (χ1v) is 9.55. The first-order valence-electron chi connectivity index (χ1n) is 9.55. The summed E-state index contributed by atoms with van der Waals surface area (Å²) >= 11 is 0. The van der Waals surface area contributed by atoms with E-state index in [1.807, 2.05) is 0 Å². The molecule has 3 heterocycles. The quantitative estimate of drug-likeness (QED) is 0.590. The van der Waals surface area contributed by atoms with E-state index in [0.29, 0.717) is 16.7 Å². The Morgan fingerprint density at radius 1 is 1.32 bits per heavy atom. The summed E-state index contributed by atoms with van der Waals surface area (Å²) < 4.78 is 27.5. The van der Waals surface area contributed by atoms with Crippen LogP contribution in [0.1, 0.15) is 48.5 Å². The maximum Gasteiger partial charge on any atom is 0.243 e. The first-order chi connectivity index (χ1) is 14.6. The number of anilines is 1. The molecule has 1 atom stereocenters. The second-order valence-corrected chi connectivity index (χ2v) is 7.80. The number of hydrogen-bond acceptors (Lipinski definition) is 7. The van der Waals surface area contributed by atoms with Crippen LogP contribution in [0.3, 0.4) is 0 Å². The van der Waals surface area contributed by atoms with E-state index < -0.39 is 17.5 Å². The molecule has 4 rings (SSSR count). The molecule has 31 heavy (non-hydrogen) atoms. The van der Waals surface area contributed by atoms with Gasteiger partial charge in [0.2, 0.25) is 11.7 Å². The largest absolute Gasteiger partial charge is 0.482 e. The lowest BCUT2D eigenvalue weighted by Gasteiger charge is -2.27. The number of nitrogens with zero attached hydrogens (tertiary/aromatic N) is 4. The molecule has 0 spiro atoms. The predicted octanol–water partition coefficient (Wildman–Crippen LogP) is 3.57. The number of fused-ring (bicyclic) bond motifs is 5. The Morgan fingerprint density at radius 2 is 2.06 bits per heavy atom. The third kappa shape index (κ3) is 3.36. The number of carbonyl (C=O) groups is 1. The van der Waals surface area contributed by atoms with Crippen LogP contribution in [0.4, 0.5) is 10.2 Å². The van der Waals surface area contributed by atoms with Crippen LogP contribution in [-0.2, 0) is 7.05 Å². The van der Waals surface area contributed by atoms with Gasteiger partial charge in [-0.2, -0.15) is 5.26 Å². The molecule has 0 amide bonds. The third-order valence-electron chi connectivity index (χ3n) is 5.19. The molecule has 9 heteroatoms. The Hall–Kier alpha value is -3.93. The van der Waals surface area contributed by atoms with Crippen LogP contribution >= 0.6 is 0 Å². The minimum absolute atomic E-state index is 0.0900. The van der Waals surface area contributed by atoms with Gasteiger partial charge in [-0.25, -0.2) is 9.37 Å². The predicted molar refractivity (Wildman–Crippen MR) is 110 cm³/mol. The Balaban J connectivity index is 2.02. The van der Waals surface area contributed by atoms with Crippen molar-refractivity contribution in [2.45, 2.75) is 32.5 Å². The van der Waals surface area contributed by atoms with Crippen molar-refractivity contribution in [2.24, 2.45) is 7.05 Å². The SMILES string of the molecule is CC1Oc2cc(cnc2N)-c2c(nn(C)c2C#N)OC(C)(C)C(=O)c2ccc(F)cc21. The van der Waals surface area contributed by atoms with Gasteiger partial charge in [-0.05, 0) is 45.0 Å². The minimum Gasteiger partial charge on any atom is -0.482 e. The third-order valence-corrected chi connectivity index (χ3v) is 5.19. The van der Waals surface area contributed by atoms with Crippen molar-refractivity contribution in [3.63, 3.8) is 0 Å². The molecule has 0 saturated carbocycles. The fourth-order valence-corrected chi connectivity index (χ4v) is 3.59. The smallest absolute Gasteiger partial charge is 0.243 e. The Labute approximate surface area is 178 Å². The van der Waals surface area contributed by atoms with Gasteiger partial charge < -0.3 is 15.2 Å². The molecule has 1 aliphatic rings. The van der Waals surface area contributed by atoms with E-state index in [0.717, 1.165) is 0 Å². The number of nitrogen functional groups attached to an aromatic ring is 1. The van der Waals surface area contributed by atoms with Crippen LogP contribution < -0.4 is 15.2 Å². The average molecular weight is 421 g/mol. The van der Waals surface area contributed by atoms with Gasteiger partial charge in [0.05, 0.1) is 5.56 Å². The molecule has 0 aliphatic carbocycles. The van der Waals surface area contributed by atoms with Crippen molar-refractivity contribution < 1.29 is 18.7 Å². The molecule has 0 radical (unpaired) electrons. The fourth-order valence-electron chi connectivity index (χ4n) is 3.59. The standard InChI is InChI=1S/C22H20FN5O3/c1-11-15-8-13(23)5-6-14(15)19(29)22(2,3)31-21-18(16(9-24)28(4)27-21)12-7-17(30-11)20(25)26-10-12/h5-8,10-11H,1-4H3,(H2,25,26). The summed E-state index contributed by atoms with van der Waals surface area (Å²) in [5, 5.41) is 14.0. The molecule has 2 N–H and O–H groups in total. The summed E-state index contributed by atoms with van der Waals surface area (Å²) in [6.07, 6.45) is 0.763. The van der Waals surface area contributed by atoms with Gasteiger partial charge in [0.25, 0.3) is 0 Å². The summed E-state index contributed by atoms with van der Waals surface area (Å²) in [6, 6.07) is 7.60. The zero-order valence-electron chi connectivity index (χ0n) is 17.4. The number of nitriles is 1. The fraction of sp³-hybridized carbons (Fsp3) is 0.273. The number of hydrogen-bond donors (Lipinski definition) is 1. The Bertz CT molecular complexity index is 1260. The van der Waals surface area contributed by atoms with Gasteiger partial charge >= 0.3 is 0 Å². The normalized spacial score (nSPS) is 17.2. The molecule has 1 aliphatic heterocycles. The Morgan fingerprint density at radius 3 is 2.77 bits per heavy atom. The van der Waals surface area contributed by atoms with Gasteiger partial charge in [-0.1, -0.05) is 0 Å². The van der Waals surface area contributed by atoms with Crippen molar-refractivity contribution in [1.82, 2.24) is 14.8 Å². The van der Waals surface area contributed by atoms with Crippen LogP contribution in [0.25, 0.3) is 11.1 Å². The molecule has 2 aromatic heterocycles. The highest BCUT2D eigenvalue weighted by Crippen LogP contribution is 2.39. The van der Waals surface area contributed by atoms with Crippen molar-refractivity contribution in [3.8, 4) is 28.8 Å². The number of benzene rings is 1. The number of ether oxygens (including phenoxy) is 2. The molecule has 0 saturated heterocycles. The highest BCUT2D eigenvalue weighted by molar-refractivity contribution is 6.03. The topological polar surface area (TPSA) is 116 Å². The van der Waals surface area contributed by atoms with Gasteiger partial charge in [0.1, 0.15) is 23.7 Å². The first kappa shape index (κ1) is 20.3. The number of aromatic nitrogens is 3. The summed E-state index contributed by atoms with van der Waals surface area (Å²) in [5.74, 6) is -0.456. The van der Waals surface area contributed by atoms with E-state index in [1.54, 1.807) is 33.9 Å². The van der Waals surface area contributed by atoms with Crippen LogP contribution in [-0.4, -0.2) is 26.1 Å². The van der Waals surface area contributed by atoms with E-state index in [-0.39, 0.29) is 34.5 Å². The number of rotatable bonds is 0. The van der Waals surface area contributed by atoms with E-state index in [4.69, 9.17) is 15.2 Å². The number of nitrogens with two attached hydrogens (primary N) is 1. The van der Waals surface area contributed by atoms with Crippen LogP contribution in [0.5, 0.6) is 11.6 Å². The summed E-state index contributed by atoms with van der Waals surface area (Å²) in [7, 11) is 1.60. The highest BCUT2D eigenvalue weighted by Gasteiger charge is 2.36. The van der Waals surface area contributed by atoms with Gasteiger partial charge in [-0.3, -0.25) is 9.48 Å². The van der Waals surface area contributed by atoms with Crippen molar-refractivity contribution in [2.75, 3.05) is 5.73 Å². The van der Waals surface area contributed by atoms with Crippen LogP contribution in [0.15, 0.2) is 30.5 Å². The Kier molecular flexibility index (Phi) is 4.65. The number of Topliss-reactive ketones (excluding diaryl/α,β-unsaturated/α-hetero) is 1. The number of aryl methyl sites for hydroxylation is 1. The molecule has 158 valence electrons. The summed E-state index contributed by atoms with van der Waals surface area (Å²) in [5.41, 5.74) is 6.31. The number of pyridine rings is 1. The molecular formula is C22H20FN5O3. The maximum absolute atomic E-state index is 14.0. The van der Waals surface area contributed by atoms with Crippen molar-refractivity contribution in [1.29, 1.82) is 5.26 Å². The molecule has 1 unspecified atom stereocenters. The van der Waals surface area contributed by atoms with E-state index in [2.05, 4.69) is 16.2 Å². The van der Waals surface area contributed by atoms with Crippen LogP contribution in [0.2, 0.25) is 0 Å². The molecule has 2 bridgehead atoms. The van der Waals surface area contributed by atoms with Crippen LogP contribution in [0, 0.1) is 17.1 Å². The summed E-state index contributed by atoms with van der Waals surface area (Å²) in [4.78, 5) is 17.6. The summed E-state index contributed by atoms with van der Waals surface area (Å²) in [6.45, 7) is 4.88. The highest BCUT2D eigenvalue weighted by atomic mass is 19.1. The zero-order valence-corrected chi connectivity index (χ0v) is 17.4. The van der Waals surface area contributed by atoms with Crippen molar-refractivity contribution >= 4 is 11.6 Å². The number of carbonyl (C=O) groups excluding carboxylic acids is 1. The number of ketones is 1. The lowest BCUT2D eigenvalue weighted by Crippen LogP contribution is -2.39. The second kappa shape index (κ2) is 7.09. The lowest BCUT2D eigenvalue weighted by molar-refractivity contribution is 0.0563. The maximum atomic E-state index is 14.0. The monoisotopic (exact) mass is 421 g/mol. The molecule has 8 nitrogen and oxygen atoms in total. The van der Waals surface area contributed by atoms with Gasteiger partial charge in [0, 0.05) is 29.9 Å². The molecule has 1 aromatic carbocycles. The van der Waals surface area contributed by atoms with E-state index >= 15 is 0 Å². The zero-order chi connectivity index (χ0) is 22.5. The van der Waals surface area contributed by atoms with Gasteiger partial charge in [0.15, 0.2) is 17.2 Å². The van der Waals surface area contributed by atoms with Crippen molar-refractivity contribution in [3.05, 3.63) is 53.1 Å². The minimum atomic E-state index is -1.37. The molecule has 3 aromatic rings. The second-order valence-electron chi connectivity index (χ2n) is 7.80. The average Bonchev–Trinajstić information content (AvgIpc) is 3.02. The molecular weight excluding hydrogens is 401 g/mol. The number of halogens is 1. The van der Waals surface area contributed by atoms with E-state index in [9.17, 15) is 14.4 Å². The molecule has 0 fully saturated rings.